The molecule has 1 aromatic rings. The molecule has 1 rings (SSSR count). The third-order valence-corrected chi connectivity index (χ3v) is 2.85. The van der Waals surface area contributed by atoms with Crippen molar-refractivity contribution in [1.82, 2.24) is 0 Å². The van der Waals surface area contributed by atoms with Gasteiger partial charge < -0.3 is 10.8 Å². The van der Waals surface area contributed by atoms with Crippen LogP contribution in [0.5, 0.6) is 0 Å². The molecule has 2 unspecified atom stereocenters. The van der Waals surface area contributed by atoms with Crippen molar-refractivity contribution in [2.75, 3.05) is 0 Å². The molecule has 0 saturated carbocycles. The highest BCUT2D eigenvalue weighted by Gasteiger charge is 2.17. The van der Waals surface area contributed by atoms with E-state index < -0.39 is 11.9 Å². The number of rotatable bonds is 4. The Kier molecular flexibility index (Phi) is 4.07. The number of benzene rings is 1. The Balaban J connectivity index is 2.80. The van der Waals surface area contributed by atoms with E-state index in [4.69, 9.17) is 10.8 Å². The van der Waals surface area contributed by atoms with E-state index in [9.17, 15) is 4.79 Å². The number of carboxylic acids is 1. The van der Waals surface area contributed by atoms with Crippen molar-refractivity contribution in [2.24, 2.45) is 11.7 Å². The molecule has 0 heterocycles. The SMILES string of the molecule is Cc1ccc(C(N)CC(C)C(=O)O)c(C)c1. The van der Waals surface area contributed by atoms with Crippen LogP contribution in [0.1, 0.15) is 36.1 Å². The predicted molar refractivity (Wildman–Crippen MR) is 64.3 cm³/mol. The highest BCUT2D eigenvalue weighted by atomic mass is 16.4. The van der Waals surface area contributed by atoms with Crippen molar-refractivity contribution in [1.29, 1.82) is 0 Å². The summed E-state index contributed by atoms with van der Waals surface area (Å²) >= 11 is 0. The van der Waals surface area contributed by atoms with Gasteiger partial charge in [0, 0.05) is 6.04 Å². The molecule has 3 heteroatoms. The Hall–Kier alpha value is -1.35. The minimum Gasteiger partial charge on any atom is -0.481 e. The zero-order valence-electron chi connectivity index (χ0n) is 10.0. The molecule has 0 aliphatic carbocycles. The van der Waals surface area contributed by atoms with Gasteiger partial charge in [-0.3, -0.25) is 4.79 Å². The van der Waals surface area contributed by atoms with E-state index in [1.54, 1.807) is 6.92 Å². The van der Waals surface area contributed by atoms with E-state index in [-0.39, 0.29) is 6.04 Å². The predicted octanol–water partition coefficient (Wildman–Crippen LogP) is 2.41. The number of aliphatic carboxylic acids is 1. The van der Waals surface area contributed by atoms with Gasteiger partial charge in [0.2, 0.25) is 0 Å². The van der Waals surface area contributed by atoms with Crippen LogP contribution in [0.2, 0.25) is 0 Å². The molecule has 3 N–H and O–H groups in total. The third-order valence-electron chi connectivity index (χ3n) is 2.85. The first-order valence-electron chi connectivity index (χ1n) is 5.47. The molecular formula is C13H19NO2. The Morgan fingerprint density at radius 2 is 2.06 bits per heavy atom. The summed E-state index contributed by atoms with van der Waals surface area (Å²) in [6.45, 7) is 5.72. The van der Waals surface area contributed by atoms with Crippen molar-refractivity contribution >= 4 is 5.97 Å². The maximum absolute atomic E-state index is 10.7. The standard InChI is InChI=1S/C13H19NO2/c1-8-4-5-11(9(2)6-8)12(14)7-10(3)13(15)16/h4-6,10,12H,7,14H2,1-3H3,(H,15,16). The minimum absolute atomic E-state index is 0.202. The molecule has 88 valence electrons. The van der Waals surface area contributed by atoms with Gasteiger partial charge in [-0.1, -0.05) is 30.7 Å². The van der Waals surface area contributed by atoms with Gasteiger partial charge in [-0.2, -0.15) is 0 Å². The Morgan fingerprint density at radius 3 is 2.56 bits per heavy atom. The van der Waals surface area contributed by atoms with E-state index in [0.29, 0.717) is 6.42 Å². The largest absolute Gasteiger partial charge is 0.481 e. The lowest BCUT2D eigenvalue weighted by atomic mass is 9.93. The summed E-state index contributed by atoms with van der Waals surface area (Å²) in [7, 11) is 0. The first-order chi connectivity index (χ1) is 7.41. The molecule has 0 radical (unpaired) electrons. The van der Waals surface area contributed by atoms with E-state index in [0.717, 1.165) is 11.1 Å². The lowest BCUT2D eigenvalue weighted by molar-refractivity contribution is -0.141. The highest BCUT2D eigenvalue weighted by Crippen LogP contribution is 2.22. The van der Waals surface area contributed by atoms with Crippen LogP contribution in [-0.4, -0.2) is 11.1 Å². The lowest BCUT2D eigenvalue weighted by Gasteiger charge is -2.17. The van der Waals surface area contributed by atoms with Crippen molar-refractivity contribution < 1.29 is 9.90 Å². The van der Waals surface area contributed by atoms with Gasteiger partial charge in [0.15, 0.2) is 0 Å². The number of carboxylic acid groups (broad SMARTS) is 1. The topological polar surface area (TPSA) is 63.3 Å². The Morgan fingerprint density at radius 1 is 1.44 bits per heavy atom. The van der Waals surface area contributed by atoms with E-state index >= 15 is 0 Å². The monoisotopic (exact) mass is 221 g/mol. The first kappa shape index (κ1) is 12.7. The molecule has 3 nitrogen and oxygen atoms in total. The van der Waals surface area contributed by atoms with Gasteiger partial charge >= 0.3 is 5.97 Å². The summed E-state index contributed by atoms with van der Waals surface area (Å²) in [6.07, 6.45) is 0.471. The fraction of sp³-hybridized carbons (Fsp3) is 0.462. The van der Waals surface area contributed by atoms with Crippen LogP contribution in [0.3, 0.4) is 0 Å². The highest BCUT2D eigenvalue weighted by molar-refractivity contribution is 5.69. The first-order valence-corrected chi connectivity index (χ1v) is 5.47. The fourth-order valence-corrected chi connectivity index (χ4v) is 1.85. The van der Waals surface area contributed by atoms with Crippen LogP contribution < -0.4 is 5.73 Å². The number of nitrogens with two attached hydrogens (primary N) is 1. The molecule has 0 aromatic heterocycles. The molecule has 0 saturated heterocycles. The lowest BCUT2D eigenvalue weighted by Crippen LogP contribution is -2.19. The average Bonchev–Trinajstić information content (AvgIpc) is 2.16. The summed E-state index contributed by atoms with van der Waals surface area (Å²) in [5.74, 6) is -1.20. The summed E-state index contributed by atoms with van der Waals surface area (Å²) in [6, 6.07) is 5.87. The summed E-state index contributed by atoms with van der Waals surface area (Å²) in [5, 5.41) is 8.84. The second kappa shape index (κ2) is 5.12. The van der Waals surface area contributed by atoms with Crippen molar-refractivity contribution in [2.45, 2.75) is 33.2 Å². The van der Waals surface area contributed by atoms with E-state index in [1.165, 1.54) is 5.56 Å². The van der Waals surface area contributed by atoms with Crippen molar-refractivity contribution in [3.8, 4) is 0 Å². The smallest absolute Gasteiger partial charge is 0.306 e. The fourth-order valence-electron chi connectivity index (χ4n) is 1.85. The van der Waals surface area contributed by atoms with Gasteiger partial charge in [-0.05, 0) is 31.4 Å². The second-order valence-corrected chi connectivity index (χ2v) is 4.44. The maximum atomic E-state index is 10.7. The molecule has 0 aliphatic heterocycles. The molecule has 0 bridgehead atoms. The molecule has 0 fully saturated rings. The minimum atomic E-state index is -0.791. The van der Waals surface area contributed by atoms with Crippen LogP contribution in [0, 0.1) is 19.8 Å². The van der Waals surface area contributed by atoms with Gasteiger partial charge in [0.25, 0.3) is 0 Å². The van der Waals surface area contributed by atoms with Crippen LogP contribution in [0.4, 0.5) is 0 Å². The Bertz CT molecular complexity index is 388. The number of carbonyl (C=O) groups is 1. The van der Waals surface area contributed by atoms with Gasteiger partial charge in [-0.15, -0.1) is 0 Å². The zero-order valence-corrected chi connectivity index (χ0v) is 10.0. The number of aryl methyl sites for hydroxylation is 2. The van der Waals surface area contributed by atoms with Gasteiger partial charge in [0.1, 0.15) is 0 Å². The second-order valence-electron chi connectivity index (χ2n) is 4.44. The van der Waals surface area contributed by atoms with Crippen LogP contribution >= 0.6 is 0 Å². The summed E-state index contributed by atoms with van der Waals surface area (Å²) in [5.41, 5.74) is 9.39. The van der Waals surface area contributed by atoms with Gasteiger partial charge in [0.05, 0.1) is 5.92 Å². The molecule has 0 spiro atoms. The average molecular weight is 221 g/mol. The molecular weight excluding hydrogens is 202 g/mol. The third kappa shape index (κ3) is 3.07. The van der Waals surface area contributed by atoms with Crippen molar-refractivity contribution in [3.63, 3.8) is 0 Å². The number of hydrogen-bond acceptors (Lipinski definition) is 2. The summed E-state index contributed by atoms with van der Waals surface area (Å²) in [4.78, 5) is 10.7. The molecule has 2 atom stereocenters. The van der Waals surface area contributed by atoms with E-state index in [1.807, 2.05) is 26.0 Å². The molecule has 0 aliphatic rings. The van der Waals surface area contributed by atoms with Gasteiger partial charge in [-0.25, -0.2) is 0 Å². The quantitative estimate of drug-likeness (QED) is 0.820. The Labute approximate surface area is 96.3 Å². The molecule has 16 heavy (non-hydrogen) atoms. The van der Waals surface area contributed by atoms with Crippen molar-refractivity contribution in [3.05, 3.63) is 34.9 Å². The van der Waals surface area contributed by atoms with E-state index in [2.05, 4.69) is 6.07 Å². The van der Waals surface area contributed by atoms with Crippen LogP contribution in [0.25, 0.3) is 0 Å². The van der Waals surface area contributed by atoms with Crippen LogP contribution in [0.15, 0.2) is 18.2 Å². The maximum Gasteiger partial charge on any atom is 0.306 e. The zero-order chi connectivity index (χ0) is 12.3. The number of hydrogen-bond donors (Lipinski definition) is 2. The molecule has 0 amide bonds. The normalized spacial score (nSPS) is 14.5. The summed E-state index contributed by atoms with van der Waals surface area (Å²) < 4.78 is 0. The molecule has 1 aromatic carbocycles. The van der Waals surface area contributed by atoms with Crippen LogP contribution in [-0.2, 0) is 4.79 Å².